The molecule has 0 saturated heterocycles. The third kappa shape index (κ3) is 3.60. The molecule has 0 unspecified atom stereocenters. The molecule has 1 aliphatic carbocycles. The van der Waals surface area contributed by atoms with Gasteiger partial charge >= 0.3 is 0 Å². The Morgan fingerprint density at radius 3 is 2.80 bits per heavy atom. The average Bonchev–Trinajstić information content (AvgIpc) is 2.92. The molecule has 0 radical (unpaired) electrons. The SMILES string of the molecule is CC1CCC(NC(=O)CCc2ccco2)(C(N)=S)CC1. The average molecular weight is 294 g/mol. The van der Waals surface area contributed by atoms with Gasteiger partial charge in [-0.2, -0.15) is 0 Å². The quantitative estimate of drug-likeness (QED) is 0.819. The first kappa shape index (κ1) is 15.0. The lowest BCUT2D eigenvalue weighted by Crippen LogP contribution is -2.58. The zero-order valence-electron chi connectivity index (χ0n) is 11.9. The van der Waals surface area contributed by atoms with Gasteiger partial charge in [-0.05, 0) is 43.7 Å². The zero-order chi connectivity index (χ0) is 14.6. The van der Waals surface area contributed by atoms with Crippen LogP contribution in [-0.2, 0) is 11.2 Å². The van der Waals surface area contributed by atoms with E-state index in [2.05, 4.69) is 12.2 Å². The Kier molecular flexibility index (Phi) is 4.81. The Balaban J connectivity index is 1.91. The summed E-state index contributed by atoms with van der Waals surface area (Å²) in [6, 6.07) is 3.70. The molecule has 0 aliphatic heterocycles. The summed E-state index contributed by atoms with van der Waals surface area (Å²) in [5.41, 5.74) is 5.40. The Morgan fingerprint density at radius 2 is 2.25 bits per heavy atom. The first-order valence-corrected chi connectivity index (χ1v) is 7.56. The molecule has 20 heavy (non-hydrogen) atoms. The van der Waals surface area contributed by atoms with Crippen LogP contribution >= 0.6 is 12.2 Å². The van der Waals surface area contributed by atoms with Crippen molar-refractivity contribution in [2.24, 2.45) is 11.7 Å². The summed E-state index contributed by atoms with van der Waals surface area (Å²) in [5.74, 6) is 1.49. The lowest BCUT2D eigenvalue weighted by molar-refractivity contribution is -0.122. The van der Waals surface area contributed by atoms with E-state index < -0.39 is 5.54 Å². The van der Waals surface area contributed by atoms with Gasteiger partial charge in [-0.25, -0.2) is 0 Å². The monoisotopic (exact) mass is 294 g/mol. The van der Waals surface area contributed by atoms with Crippen molar-refractivity contribution in [2.45, 2.75) is 51.0 Å². The van der Waals surface area contributed by atoms with Crippen molar-refractivity contribution in [2.75, 3.05) is 0 Å². The van der Waals surface area contributed by atoms with Gasteiger partial charge in [0.25, 0.3) is 0 Å². The van der Waals surface area contributed by atoms with Crippen molar-refractivity contribution in [1.82, 2.24) is 5.32 Å². The molecule has 1 fully saturated rings. The van der Waals surface area contributed by atoms with Crippen LogP contribution in [0.4, 0.5) is 0 Å². The van der Waals surface area contributed by atoms with Crippen LogP contribution in [0.2, 0.25) is 0 Å². The number of rotatable bonds is 5. The normalized spacial score (nSPS) is 26.1. The van der Waals surface area contributed by atoms with E-state index in [1.807, 2.05) is 12.1 Å². The molecule has 0 bridgehead atoms. The topological polar surface area (TPSA) is 68.3 Å². The molecule has 3 N–H and O–H groups in total. The van der Waals surface area contributed by atoms with Crippen LogP contribution in [0.15, 0.2) is 22.8 Å². The summed E-state index contributed by atoms with van der Waals surface area (Å²) < 4.78 is 5.23. The highest BCUT2D eigenvalue weighted by Crippen LogP contribution is 2.32. The highest BCUT2D eigenvalue weighted by atomic mass is 32.1. The molecule has 2 rings (SSSR count). The van der Waals surface area contributed by atoms with Crippen LogP contribution in [0, 0.1) is 5.92 Å². The number of amides is 1. The van der Waals surface area contributed by atoms with Crippen molar-refractivity contribution >= 4 is 23.1 Å². The molecule has 4 nitrogen and oxygen atoms in total. The Labute approximate surface area is 125 Å². The molecule has 0 spiro atoms. The van der Waals surface area contributed by atoms with E-state index in [0.717, 1.165) is 31.4 Å². The first-order chi connectivity index (χ1) is 9.52. The van der Waals surface area contributed by atoms with Crippen molar-refractivity contribution in [3.8, 4) is 0 Å². The van der Waals surface area contributed by atoms with Gasteiger partial charge in [-0.3, -0.25) is 4.79 Å². The molecule has 5 heteroatoms. The fraction of sp³-hybridized carbons (Fsp3) is 0.600. The van der Waals surface area contributed by atoms with Crippen LogP contribution in [-0.4, -0.2) is 16.4 Å². The van der Waals surface area contributed by atoms with Gasteiger partial charge in [0.2, 0.25) is 5.91 Å². The summed E-state index contributed by atoms with van der Waals surface area (Å²) in [6.45, 7) is 2.22. The summed E-state index contributed by atoms with van der Waals surface area (Å²) >= 11 is 5.19. The van der Waals surface area contributed by atoms with E-state index in [0.29, 0.717) is 23.7 Å². The van der Waals surface area contributed by atoms with Crippen LogP contribution in [0.5, 0.6) is 0 Å². The minimum atomic E-state index is -0.484. The van der Waals surface area contributed by atoms with Crippen LogP contribution in [0.3, 0.4) is 0 Å². The molecule has 1 heterocycles. The van der Waals surface area contributed by atoms with E-state index in [1.54, 1.807) is 6.26 Å². The number of hydrogen-bond acceptors (Lipinski definition) is 3. The van der Waals surface area contributed by atoms with Gasteiger partial charge in [0.05, 0.1) is 16.8 Å². The maximum absolute atomic E-state index is 12.1. The molecule has 0 aromatic carbocycles. The number of nitrogens with one attached hydrogen (secondary N) is 1. The number of aryl methyl sites for hydroxylation is 1. The molecule has 1 amide bonds. The lowest BCUT2D eigenvalue weighted by Gasteiger charge is -2.39. The third-order valence-electron chi connectivity index (χ3n) is 4.16. The minimum absolute atomic E-state index is 0.0104. The number of nitrogens with two attached hydrogens (primary N) is 1. The number of thiocarbonyl (C=S) groups is 1. The van der Waals surface area contributed by atoms with Gasteiger partial charge < -0.3 is 15.5 Å². The summed E-state index contributed by atoms with van der Waals surface area (Å²) in [6.07, 6.45) is 6.40. The Hall–Kier alpha value is -1.36. The second-order valence-corrected chi connectivity index (χ2v) is 6.20. The largest absolute Gasteiger partial charge is 0.469 e. The maximum atomic E-state index is 12.1. The molecular formula is C15H22N2O2S. The van der Waals surface area contributed by atoms with Crippen LogP contribution < -0.4 is 11.1 Å². The fourth-order valence-corrected chi connectivity index (χ4v) is 2.96. The standard InChI is InChI=1S/C15H22N2O2S/c1-11-6-8-15(9-7-11,14(16)20)17-13(18)5-4-12-3-2-10-19-12/h2-3,10-11H,4-9H2,1H3,(H2,16,20)(H,17,18). The van der Waals surface area contributed by atoms with Crippen LogP contribution in [0.1, 0.15) is 44.8 Å². The Morgan fingerprint density at radius 1 is 1.55 bits per heavy atom. The van der Waals surface area contributed by atoms with E-state index >= 15 is 0 Å². The molecule has 1 aromatic rings. The number of hydrogen-bond donors (Lipinski definition) is 2. The van der Waals surface area contributed by atoms with Gasteiger partial charge in [-0.1, -0.05) is 19.1 Å². The van der Waals surface area contributed by atoms with Crippen LogP contribution in [0.25, 0.3) is 0 Å². The smallest absolute Gasteiger partial charge is 0.221 e. The first-order valence-electron chi connectivity index (χ1n) is 7.15. The van der Waals surface area contributed by atoms with E-state index in [1.165, 1.54) is 0 Å². The summed E-state index contributed by atoms with van der Waals surface area (Å²) in [7, 11) is 0. The van der Waals surface area contributed by atoms with Crippen molar-refractivity contribution in [1.29, 1.82) is 0 Å². The lowest BCUT2D eigenvalue weighted by atomic mass is 9.77. The van der Waals surface area contributed by atoms with Crippen molar-refractivity contribution in [3.63, 3.8) is 0 Å². The molecule has 110 valence electrons. The maximum Gasteiger partial charge on any atom is 0.221 e. The molecule has 0 atom stereocenters. The summed E-state index contributed by atoms with van der Waals surface area (Å²) in [4.78, 5) is 12.5. The fourth-order valence-electron chi connectivity index (χ4n) is 2.71. The second-order valence-electron chi connectivity index (χ2n) is 5.76. The third-order valence-corrected chi connectivity index (χ3v) is 4.55. The van der Waals surface area contributed by atoms with E-state index in [-0.39, 0.29) is 5.91 Å². The minimum Gasteiger partial charge on any atom is -0.469 e. The van der Waals surface area contributed by atoms with E-state index in [9.17, 15) is 4.79 Å². The van der Waals surface area contributed by atoms with Gasteiger partial charge in [0.1, 0.15) is 5.76 Å². The van der Waals surface area contributed by atoms with Crippen molar-refractivity contribution in [3.05, 3.63) is 24.2 Å². The highest BCUT2D eigenvalue weighted by molar-refractivity contribution is 7.80. The van der Waals surface area contributed by atoms with E-state index in [4.69, 9.17) is 22.4 Å². The summed E-state index contributed by atoms with van der Waals surface area (Å²) in [5, 5.41) is 3.07. The van der Waals surface area contributed by atoms with Gasteiger partial charge in [0.15, 0.2) is 0 Å². The zero-order valence-corrected chi connectivity index (χ0v) is 12.7. The molecule has 1 saturated carbocycles. The van der Waals surface area contributed by atoms with Crippen molar-refractivity contribution < 1.29 is 9.21 Å². The molecular weight excluding hydrogens is 272 g/mol. The van der Waals surface area contributed by atoms with Gasteiger partial charge in [0, 0.05) is 12.8 Å². The molecule has 1 aliphatic rings. The predicted molar refractivity (Wildman–Crippen MR) is 82.3 cm³/mol. The second kappa shape index (κ2) is 6.39. The number of carbonyl (C=O) groups is 1. The van der Waals surface area contributed by atoms with Gasteiger partial charge in [-0.15, -0.1) is 0 Å². The number of carbonyl (C=O) groups excluding carboxylic acids is 1. The highest BCUT2D eigenvalue weighted by Gasteiger charge is 2.38. The number of furan rings is 1. The predicted octanol–water partition coefficient (Wildman–Crippen LogP) is 2.56. The Bertz CT molecular complexity index is 462. The molecule has 1 aromatic heterocycles.